The van der Waals surface area contributed by atoms with Gasteiger partial charge in [0.15, 0.2) is 11.4 Å². The van der Waals surface area contributed by atoms with Gasteiger partial charge in [0.1, 0.15) is 18.7 Å². The van der Waals surface area contributed by atoms with Gasteiger partial charge in [-0.1, -0.05) is 19.4 Å². The van der Waals surface area contributed by atoms with Gasteiger partial charge in [-0.3, -0.25) is 9.69 Å². The van der Waals surface area contributed by atoms with E-state index in [1.165, 1.54) is 24.8 Å². The highest BCUT2D eigenvalue weighted by Crippen LogP contribution is 2.65. The first-order chi connectivity index (χ1) is 14.3. The third-order valence-electron chi connectivity index (χ3n) is 9.56. The van der Waals surface area contributed by atoms with Gasteiger partial charge >= 0.3 is 5.97 Å². The van der Waals surface area contributed by atoms with Crippen molar-refractivity contribution in [2.75, 3.05) is 20.1 Å². The van der Waals surface area contributed by atoms with E-state index >= 15 is 0 Å². The number of nitrogens with zero attached hydrogens (tertiary/aromatic N) is 1. The van der Waals surface area contributed by atoms with Crippen molar-refractivity contribution in [2.24, 2.45) is 28.6 Å². The lowest BCUT2D eigenvalue weighted by Crippen LogP contribution is -2.51. The van der Waals surface area contributed by atoms with Crippen LogP contribution in [0.1, 0.15) is 65.2 Å². The molecular formula is C26H36NO3+. The standard InChI is InChI=1S/C26H36NO3/c1-25-12-10-19(28)15-18(25)6-7-20-21-8-9-23(26(21,2)13-11-22(20)25)30-24(29)17-5-4-14-27(3)16-17/h4-5,15,20-23H,6-14,16H2,1-3H3/q+1/t20-,21-,22-,23-,25-,26-/m0/s1. The average molecular weight is 411 g/mol. The van der Waals surface area contributed by atoms with E-state index in [1.807, 2.05) is 25.6 Å². The zero-order valence-corrected chi connectivity index (χ0v) is 18.8. The maximum absolute atomic E-state index is 12.9. The van der Waals surface area contributed by atoms with Crippen LogP contribution >= 0.6 is 0 Å². The molecular weight excluding hydrogens is 374 g/mol. The normalized spacial score (nSPS) is 43.5. The summed E-state index contributed by atoms with van der Waals surface area (Å²) in [4.78, 5) is 27.1. The number of hydrogen-bond donors (Lipinski definition) is 0. The molecule has 5 aliphatic rings. The van der Waals surface area contributed by atoms with Crippen LogP contribution in [0.15, 0.2) is 23.3 Å². The summed E-state index contributed by atoms with van der Waals surface area (Å²) in [5, 5.41) is 0. The van der Waals surface area contributed by atoms with Crippen molar-refractivity contribution in [3.63, 3.8) is 0 Å². The van der Waals surface area contributed by atoms with E-state index in [4.69, 9.17) is 4.74 Å². The minimum absolute atomic E-state index is 0.0433. The molecule has 0 bridgehead atoms. The first kappa shape index (κ1) is 20.4. The molecule has 1 heterocycles. The molecule has 1 aliphatic heterocycles. The van der Waals surface area contributed by atoms with Crippen LogP contribution in [0, 0.1) is 35.0 Å². The lowest BCUT2D eigenvalue weighted by molar-refractivity contribution is -0.155. The molecule has 4 aliphatic carbocycles. The van der Waals surface area contributed by atoms with Gasteiger partial charge in [-0.25, -0.2) is 4.79 Å². The van der Waals surface area contributed by atoms with E-state index < -0.39 is 0 Å². The largest absolute Gasteiger partial charge is 0.443 e. The third kappa shape index (κ3) is 3.09. The zero-order chi connectivity index (χ0) is 21.1. The van der Waals surface area contributed by atoms with Crippen LogP contribution in [0.25, 0.3) is 0 Å². The zero-order valence-electron chi connectivity index (χ0n) is 18.8. The van der Waals surface area contributed by atoms with Crippen molar-refractivity contribution in [3.8, 4) is 0 Å². The first-order valence-electron chi connectivity index (χ1n) is 12.0. The van der Waals surface area contributed by atoms with Crippen LogP contribution in [0.3, 0.4) is 0 Å². The quantitative estimate of drug-likeness (QED) is 0.496. The highest BCUT2D eigenvalue weighted by Gasteiger charge is 2.60. The Kier molecular flexibility index (Phi) is 4.92. The number of carbonyl (C=O) groups is 2. The summed E-state index contributed by atoms with van der Waals surface area (Å²) in [6.45, 7) is 6.40. The van der Waals surface area contributed by atoms with E-state index in [-0.39, 0.29) is 22.9 Å². The molecule has 30 heavy (non-hydrogen) atoms. The van der Waals surface area contributed by atoms with Crippen LogP contribution in [-0.4, -0.2) is 42.9 Å². The van der Waals surface area contributed by atoms with E-state index in [0.29, 0.717) is 36.5 Å². The summed E-state index contributed by atoms with van der Waals surface area (Å²) in [6.07, 6.45) is 14.6. The summed E-state index contributed by atoms with van der Waals surface area (Å²) >= 11 is 0. The molecule has 0 radical (unpaired) electrons. The van der Waals surface area contributed by atoms with Gasteiger partial charge in [-0.15, -0.1) is 0 Å². The van der Waals surface area contributed by atoms with E-state index in [9.17, 15) is 9.59 Å². The van der Waals surface area contributed by atoms with E-state index in [1.54, 1.807) is 0 Å². The molecule has 0 unspecified atom stereocenters. The Morgan fingerprint density at radius 3 is 2.77 bits per heavy atom. The SMILES string of the molecule is CN1C[CH+]C=C(C(=O)O[C@H]2CC[C@H]3[C@@H]4CCC5=CC(=O)CC[C@]5(C)[C@H]4CC[C@]23C)C1. The molecule has 0 N–H and O–H groups in total. The fourth-order valence-corrected chi connectivity index (χ4v) is 7.83. The maximum atomic E-state index is 12.9. The van der Waals surface area contributed by atoms with Gasteiger partial charge in [0, 0.05) is 11.8 Å². The number of carbonyl (C=O) groups excluding carboxylic acids is 2. The minimum Gasteiger partial charge on any atom is -0.443 e. The number of rotatable bonds is 2. The molecule has 6 atom stereocenters. The Hall–Kier alpha value is -1.55. The molecule has 4 nitrogen and oxygen atoms in total. The lowest BCUT2D eigenvalue weighted by Gasteiger charge is -2.57. The number of fused-ring (bicyclic) bond motifs is 5. The van der Waals surface area contributed by atoms with Crippen LogP contribution in [0.4, 0.5) is 0 Å². The second-order valence-corrected chi connectivity index (χ2v) is 11.1. The van der Waals surface area contributed by atoms with Crippen LogP contribution < -0.4 is 0 Å². The van der Waals surface area contributed by atoms with Gasteiger partial charge in [-0.05, 0) is 81.2 Å². The summed E-state index contributed by atoms with van der Waals surface area (Å²) in [6, 6.07) is 0. The second kappa shape index (κ2) is 7.25. The number of likely N-dealkylation sites (N-methyl/N-ethyl adjacent to an activating group) is 1. The summed E-state index contributed by atoms with van der Waals surface area (Å²) in [5.74, 6) is 2.24. The second-order valence-electron chi connectivity index (χ2n) is 11.1. The van der Waals surface area contributed by atoms with Crippen LogP contribution in [0.2, 0.25) is 0 Å². The molecule has 0 aromatic rings. The predicted molar refractivity (Wildman–Crippen MR) is 116 cm³/mol. The fraction of sp³-hybridized carbons (Fsp3) is 0.731. The first-order valence-corrected chi connectivity index (χ1v) is 12.0. The van der Waals surface area contributed by atoms with Crippen molar-refractivity contribution < 1.29 is 14.3 Å². The highest BCUT2D eigenvalue weighted by atomic mass is 16.5. The van der Waals surface area contributed by atoms with Gasteiger partial charge in [0.2, 0.25) is 0 Å². The average Bonchev–Trinajstić information content (AvgIpc) is 3.05. The van der Waals surface area contributed by atoms with E-state index in [2.05, 4.69) is 18.7 Å². The van der Waals surface area contributed by atoms with Crippen molar-refractivity contribution in [1.82, 2.24) is 4.90 Å². The monoisotopic (exact) mass is 410 g/mol. The molecule has 0 aromatic heterocycles. The van der Waals surface area contributed by atoms with Gasteiger partial charge < -0.3 is 4.74 Å². The molecule has 5 rings (SSSR count). The van der Waals surface area contributed by atoms with Crippen molar-refractivity contribution >= 4 is 11.8 Å². The molecule has 0 amide bonds. The van der Waals surface area contributed by atoms with Gasteiger partial charge in [0.25, 0.3) is 0 Å². The number of ketones is 1. The maximum Gasteiger partial charge on any atom is 0.420 e. The topological polar surface area (TPSA) is 46.6 Å². The fourth-order valence-electron chi connectivity index (χ4n) is 7.83. The van der Waals surface area contributed by atoms with E-state index in [0.717, 1.165) is 37.8 Å². The summed E-state index contributed by atoms with van der Waals surface area (Å²) in [5.41, 5.74) is 2.52. The smallest absolute Gasteiger partial charge is 0.420 e. The van der Waals surface area contributed by atoms with Crippen molar-refractivity contribution in [3.05, 3.63) is 29.7 Å². The summed E-state index contributed by atoms with van der Waals surface area (Å²) < 4.78 is 6.19. The van der Waals surface area contributed by atoms with Crippen LogP contribution in [-0.2, 0) is 14.3 Å². The van der Waals surface area contributed by atoms with Crippen molar-refractivity contribution in [1.29, 1.82) is 0 Å². The number of allylic oxidation sites excluding steroid dienone is 1. The molecule has 162 valence electrons. The molecule has 3 fully saturated rings. The third-order valence-corrected chi connectivity index (χ3v) is 9.56. The molecule has 0 spiro atoms. The van der Waals surface area contributed by atoms with Gasteiger partial charge in [0.05, 0.1) is 13.0 Å². The Morgan fingerprint density at radius 2 is 1.97 bits per heavy atom. The summed E-state index contributed by atoms with van der Waals surface area (Å²) in [7, 11) is 2.04. The number of ether oxygens (including phenoxy) is 1. The van der Waals surface area contributed by atoms with Gasteiger partial charge in [-0.2, -0.15) is 0 Å². The Bertz CT molecular complexity index is 813. The molecule has 3 saturated carbocycles. The number of hydrogen-bond acceptors (Lipinski definition) is 4. The Balaban J connectivity index is 1.33. The lowest BCUT2D eigenvalue weighted by atomic mass is 9.47. The van der Waals surface area contributed by atoms with Crippen molar-refractivity contribution in [2.45, 2.75) is 71.3 Å². The Labute approximate surface area is 181 Å². The molecule has 4 heteroatoms. The number of esters is 1. The minimum atomic E-state index is -0.113. The highest BCUT2D eigenvalue weighted by molar-refractivity contribution is 5.91. The predicted octanol–water partition coefficient (Wildman–Crippen LogP) is 4.51. The molecule has 0 aromatic carbocycles. The molecule has 0 saturated heterocycles. The Morgan fingerprint density at radius 1 is 1.13 bits per heavy atom. The van der Waals surface area contributed by atoms with Crippen LogP contribution in [0.5, 0.6) is 0 Å².